The van der Waals surface area contributed by atoms with E-state index in [-0.39, 0.29) is 17.4 Å². The Bertz CT molecular complexity index is 1360. The summed E-state index contributed by atoms with van der Waals surface area (Å²) in [7, 11) is 0. The molecule has 8 nitrogen and oxygen atoms in total. The fraction of sp³-hybridized carbons (Fsp3) is 0.344. The van der Waals surface area contributed by atoms with E-state index in [0.717, 1.165) is 31.2 Å². The normalized spacial score (nSPS) is 17.6. The topological polar surface area (TPSA) is 121 Å². The van der Waals surface area contributed by atoms with Crippen molar-refractivity contribution in [1.82, 2.24) is 4.90 Å². The molecule has 8 heteroatoms. The molecule has 3 aromatic rings. The van der Waals surface area contributed by atoms with Crippen molar-refractivity contribution in [1.29, 1.82) is 5.53 Å². The molecule has 0 saturated heterocycles. The fourth-order valence-corrected chi connectivity index (χ4v) is 5.25. The molecule has 208 valence electrons. The molecule has 0 aromatic heterocycles. The van der Waals surface area contributed by atoms with Gasteiger partial charge < -0.3 is 15.4 Å². The zero-order valence-electron chi connectivity index (χ0n) is 23.3. The highest BCUT2D eigenvalue weighted by Gasteiger charge is 2.34. The van der Waals surface area contributed by atoms with E-state index in [0.29, 0.717) is 35.1 Å². The van der Waals surface area contributed by atoms with Crippen LogP contribution < -0.4 is 10.5 Å². The smallest absolute Gasteiger partial charge is 0.280 e. The van der Waals surface area contributed by atoms with E-state index in [4.69, 9.17) is 16.0 Å². The molecule has 1 aliphatic rings. The number of nitrogens with zero attached hydrogens (tertiary/aromatic N) is 3. The molecule has 0 atom stereocenters. The molecule has 0 spiro atoms. The summed E-state index contributed by atoms with van der Waals surface area (Å²) in [5.74, 6) is 0.931. The number of aliphatic imine (C=N–C) groups is 1. The second kappa shape index (κ2) is 12.7. The quantitative estimate of drug-likeness (QED) is 0.187. The molecule has 40 heavy (non-hydrogen) atoms. The molecule has 1 aliphatic carbocycles. The summed E-state index contributed by atoms with van der Waals surface area (Å²) in [5.41, 5.74) is 14.3. The van der Waals surface area contributed by atoms with Gasteiger partial charge in [0.2, 0.25) is 5.96 Å². The maximum atomic E-state index is 14.0. The van der Waals surface area contributed by atoms with Crippen molar-refractivity contribution in [3.8, 4) is 11.5 Å². The van der Waals surface area contributed by atoms with Gasteiger partial charge in [0.1, 0.15) is 11.5 Å². The number of hydrogen-bond acceptors (Lipinski definition) is 4. The first kappa shape index (κ1) is 28.7. The van der Waals surface area contributed by atoms with Crippen molar-refractivity contribution in [2.45, 2.75) is 59.0 Å². The minimum atomic E-state index is -0.566. The standard InChI is InChI=1S/C32H37N5O3/c1-32(2,3)25-16-18-26(19-17-25)37(21-22-12-14-23(15-13-22)29(38)35-31(33)36-34)30(39)24-8-7-11-28(20-24)40-27-9-5-4-6-10-27/h4-15,20,25-26,34H,16-19,21H2,1-3H3,(H2,33,35,38). The zero-order chi connectivity index (χ0) is 28.7. The largest absolute Gasteiger partial charge is 0.457 e. The molecule has 0 bridgehead atoms. The van der Waals surface area contributed by atoms with Crippen LogP contribution in [-0.4, -0.2) is 28.7 Å². The van der Waals surface area contributed by atoms with Crippen LogP contribution in [0.2, 0.25) is 0 Å². The van der Waals surface area contributed by atoms with Gasteiger partial charge in [0.25, 0.3) is 11.8 Å². The van der Waals surface area contributed by atoms with Gasteiger partial charge in [0.05, 0.1) is 0 Å². The van der Waals surface area contributed by atoms with Crippen LogP contribution >= 0.6 is 0 Å². The number of amides is 2. The minimum absolute atomic E-state index is 0.0488. The van der Waals surface area contributed by atoms with Crippen molar-refractivity contribution in [2.75, 3.05) is 0 Å². The zero-order valence-corrected chi connectivity index (χ0v) is 23.3. The summed E-state index contributed by atoms with van der Waals surface area (Å²) < 4.78 is 5.99. The summed E-state index contributed by atoms with van der Waals surface area (Å²) in [6.07, 6.45) is 4.02. The monoisotopic (exact) mass is 539 g/mol. The lowest BCUT2D eigenvalue weighted by Gasteiger charge is -2.41. The van der Waals surface area contributed by atoms with Gasteiger partial charge in [0, 0.05) is 23.7 Å². The van der Waals surface area contributed by atoms with Crippen LogP contribution in [0.25, 0.3) is 0 Å². The van der Waals surface area contributed by atoms with Gasteiger partial charge in [-0.25, -0.2) is 5.53 Å². The lowest BCUT2D eigenvalue weighted by Crippen LogP contribution is -2.43. The highest BCUT2D eigenvalue weighted by Crippen LogP contribution is 2.39. The number of carbonyl (C=O) groups is 2. The van der Waals surface area contributed by atoms with E-state index in [1.165, 1.54) is 0 Å². The third kappa shape index (κ3) is 7.40. The van der Waals surface area contributed by atoms with Gasteiger partial charge in [-0.3, -0.25) is 9.59 Å². The van der Waals surface area contributed by atoms with Gasteiger partial charge in [-0.05, 0) is 85.0 Å². The van der Waals surface area contributed by atoms with Crippen LogP contribution in [0.15, 0.2) is 89.0 Å². The Balaban J connectivity index is 1.57. The molecular weight excluding hydrogens is 502 g/mol. The Morgan fingerprint density at radius 3 is 2.17 bits per heavy atom. The minimum Gasteiger partial charge on any atom is -0.457 e. The molecule has 0 aliphatic heterocycles. The van der Waals surface area contributed by atoms with Gasteiger partial charge in [-0.15, -0.1) is 5.11 Å². The predicted octanol–water partition coefficient (Wildman–Crippen LogP) is 7.21. The van der Waals surface area contributed by atoms with Crippen LogP contribution in [0.3, 0.4) is 0 Å². The average molecular weight is 540 g/mol. The summed E-state index contributed by atoms with van der Waals surface area (Å²) >= 11 is 0. The maximum Gasteiger partial charge on any atom is 0.280 e. The molecule has 0 heterocycles. The number of rotatable bonds is 7. The van der Waals surface area contributed by atoms with Crippen molar-refractivity contribution in [3.63, 3.8) is 0 Å². The second-order valence-corrected chi connectivity index (χ2v) is 11.3. The van der Waals surface area contributed by atoms with Crippen LogP contribution in [0.1, 0.15) is 72.7 Å². The summed E-state index contributed by atoms with van der Waals surface area (Å²) in [6.45, 7) is 7.28. The second-order valence-electron chi connectivity index (χ2n) is 11.3. The summed E-state index contributed by atoms with van der Waals surface area (Å²) in [5, 5.41) is 2.96. The summed E-state index contributed by atoms with van der Waals surface area (Å²) in [4.78, 5) is 31.8. The van der Waals surface area contributed by atoms with Crippen LogP contribution in [0.5, 0.6) is 11.5 Å². The molecule has 0 unspecified atom stereocenters. The van der Waals surface area contributed by atoms with Gasteiger partial charge in [-0.2, -0.15) is 4.99 Å². The predicted molar refractivity (Wildman–Crippen MR) is 156 cm³/mol. The number of nitrogens with one attached hydrogen (secondary N) is 1. The molecule has 1 fully saturated rings. The van der Waals surface area contributed by atoms with E-state index < -0.39 is 11.9 Å². The van der Waals surface area contributed by atoms with E-state index in [1.807, 2.05) is 65.6 Å². The first-order valence-corrected chi connectivity index (χ1v) is 13.6. The highest BCUT2D eigenvalue weighted by molar-refractivity contribution is 6.02. The van der Waals surface area contributed by atoms with Gasteiger partial charge in [0.15, 0.2) is 0 Å². The van der Waals surface area contributed by atoms with Crippen molar-refractivity contribution >= 4 is 17.8 Å². The molecule has 4 rings (SSSR count). The number of para-hydroxylation sites is 1. The Kier molecular flexibility index (Phi) is 9.09. The SMILES string of the molecule is CC(C)(C)C1CCC(N(Cc2ccc(C(=O)N=C(N)N=N)cc2)C(=O)c2cccc(Oc3ccccc3)c2)CC1. The Hall–Kier alpha value is -4.33. The molecule has 0 radical (unpaired) electrons. The van der Waals surface area contributed by atoms with E-state index in [2.05, 4.69) is 30.9 Å². The number of carbonyl (C=O) groups excluding carboxylic acids is 2. The van der Waals surface area contributed by atoms with Crippen molar-refractivity contribution in [2.24, 2.45) is 27.2 Å². The highest BCUT2D eigenvalue weighted by atomic mass is 16.5. The maximum absolute atomic E-state index is 14.0. The Morgan fingerprint density at radius 2 is 1.55 bits per heavy atom. The molecule has 3 aromatic carbocycles. The molecular formula is C32H37N5O3. The van der Waals surface area contributed by atoms with Crippen LogP contribution in [0, 0.1) is 16.9 Å². The van der Waals surface area contributed by atoms with E-state index >= 15 is 0 Å². The molecule has 3 N–H and O–H groups in total. The Labute approximate surface area is 235 Å². The summed E-state index contributed by atoms with van der Waals surface area (Å²) in [6, 6.07) is 23.9. The molecule has 2 amide bonds. The van der Waals surface area contributed by atoms with Gasteiger partial charge >= 0.3 is 0 Å². The third-order valence-electron chi connectivity index (χ3n) is 7.57. The number of benzene rings is 3. The first-order chi connectivity index (χ1) is 19.1. The number of ether oxygens (including phenoxy) is 1. The average Bonchev–Trinajstić information content (AvgIpc) is 2.96. The van der Waals surface area contributed by atoms with Crippen molar-refractivity contribution in [3.05, 3.63) is 95.6 Å². The Morgan fingerprint density at radius 1 is 0.900 bits per heavy atom. The molecule has 1 saturated carbocycles. The number of guanidine groups is 1. The van der Waals surface area contributed by atoms with Gasteiger partial charge in [-0.1, -0.05) is 57.2 Å². The van der Waals surface area contributed by atoms with E-state index in [9.17, 15) is 9.59 Å². The first-order valence-electron chi connectivity index (χ1n) is 13.6. The third-order valence-corrected chi connectivity index (χ3v) is 7.57. The lowest BCUT2D eigenvalue weighted by atomic mass is 9.71. The number of nitrogens with two attached hydrogens (primary N) is 1. The lowest BCUT2D eigenvalue weighted by molar-refractivity contribution is 0.0530. The van der Waals surface area contributed by atoms with Crippen molar-refractivity contribution < 1.29 is 14.3 Å². The van der Waals surface area contributed by atoms with Crippen LogP contribution in [-0.2, 0) is 6.54 Å². The van der Waals surface area contributed by atoms with Crippen LogP contribution in [0.4, 0.5) is 0 Å². The fourth-order valence-electron chi connectivity index (χ4n) is 5.25. The van der Waals surface area contributed by atoms with E-state index in [1.54, 1.807) is 18.2 Å². The number of hydrogen-bond donors (Lipinski definition) is 2.